The zero-order chi connectivity index (χ0) is 24.7. The Balaban J connectivity index is 1.54. The summed E-state index contributed by atoms with van der Waals surface area (Å²) in [4.78, 5) is 15.4. The molecule has 3 rings (SSSR count). The van der Waals surface area contributed by atoms with Gasteiger partial charge in [-0.1, -0.05) is 6.42 Å². The predicted octanol–water partition coefficient (Wildman–Crippen LogP) is 3.25. The maximum Gasteiger partial charge on any atom is 0.304 e. The van der Waals surface area contributed by atoms with Crippen LogP contribution < -0.4 is 14.4 Å². The van der Waals surface area contributed by atoms with Gasteiger partial charge in [0.15, 0.2) is 0 Å². The highest BCUT2D eigenvalue weighted by atomic mass is 32.2. The van der Waals surface area contributed by atoms with E-state index in [1.807, 2.05) is 6.92 Å². The lowest BCUT2D eigenvalue weighted by Gasteiger charge is -2.39. The molecule has 1 aromatic carbocycles. The van der Waals surface area contributed by atoms with Crippen molar-refractivity contribution < 1.29 is 17.9 Å². The van der Waals surface area contributed by atoms with Crippen LogP contribution in [0.5, 0.6) is 5.75 Å². The molecule has 34 heavy (non-hydrogen) atoms. The third kappa shape index (κ3) is 6.43. The van der Waals surface area contributed by atoms with Crippen LogP contribution >= 0.6 is 0 Å². The van der Waals surface area contributed by atoms with Gasteiger partial charge in [-0.2, -0.15) is 12.7 Å². The smallest absolute Gasteiger partial charge is 0.304 e. The van der Waals surface area contributed by atoms with E-state index in [2.05, 4.69) is 24.1 Å². The van der Waals surface area contributed by atoms with E-state index in [1.165, 1.54) is 27.9 Å². The van der Waals surface area contributed by atoms with Crippen molar-refractivity contribution in [3.8, 4) is 5.75 Å². The van der Waals surface area contributed by atoms with E-state index in [0.29, 0.717) is 56.0 Å². The quantitative estimate of drug-likeness (QED) is 0.505. The SMILES string of the molecule is CCN(c1ccc(OC)cc1)S(=O)(=O)N1CCC[C@H](C(=O)NCCCN2[C@H](C)CCC[C@H]2C)C1. The van der Waals surface area contributed by atoms with Crippen LogP contribution in [0.25, 0.3) is 0 Å². The number of anilines is 1. The summed E-state index contributed by atoms with van der Waals surface area (Å²) < 4.78 is 34.9. The van der Waals surface area contributed by atoms with Gasteiger partial charge in [0.1, 0.15) is 5.75 Å². The van der Waals surface area contributed by atoms with E-state index in [0.717, 1.165) is 13.0 Å². The average Bonchev–Trinajstić information content (AvgIpc) is 2.84. The van der Waals surface area contributed by atoms with Crippen LogP contribution in [0, 0.1) is 5.92 Å². The van der Waals surface area contributed by atoms with Crippen molar-refractivity contribution in [1.82, 2.24) is 14.5 Å². The molecule has 0 aromatic heterocycles. The molecule has 2 aliphatic heterocycles. The molecule has 192 valence electrons. The van der Waals surface area contributed by atoms with Crippen LogP contribution in [-0.2, 0) is 15.0 Å². The summed E-state index contributed by atoms with van der Waals surface area (Å²) in [6.45, 7) is 8.99. The van der Waals surface area contributed by atoms with E-state index in [4.69, 9.17) is 4.74 Å². The summed E-state index contributed by atoms with van der Waals surface area (Å²) in [5.74, 6) is 0.328. The van der Waals surface area contributed by atoms with Crippen molar-refractivity contribution in [1.29, 1.82) is 0 Å². The number of amides is 1. The molecule has 1 aromatic rings. The number of ether oxygens (including phenoxy) is 1. The topological polar surface area (TPSA) is 82.2 Å². The molecule has 2 heterocycles. The number of methoxy groups -OCH3 is 1. The van der Waals surface area contributed by atoms with Gasteiger partial charge >= 0.3 is 10.2 Å². The number of likely N-dealkylation sites (tertiary alicyclic amines) is 1. The molecule has 1 amide bonds. The Labute approximate surface area is 205 Å². The van der Waals surface area contributed by atoms with Crippen LogP contribution in [0.2, 0.25) is 0 Å². The van der Waals surface area contributed by atoms with Gasteiger partial charge in [-0.05, 0) is 77.1 Å². The Morgan fingerprint density at radius 1 is 1.12 bits per heavy atom. The highest BCUT2D eigenvalue weighted by Gasteiger charge is 2.35. The molecular formula is C25H42N4O4S. The first-order valence-corrected chi connectivity index (χ1v) is 14.1. The molecule has 0 spiro atoms. The molecule has 0 aliphatic carbocycles. The standard InChI is InChI=1S/C25H42N4O4S/c1-5-29(23-12-14-24(33-4)15-13-23)34(31,32)27-17-7-11-22(19-27)25(30)26-16-8-18-28-20(2)9-6-10-21(28)3/h12-15,20-22H,5-11,16-19H2,1-4H3,(H,26,30)/t20-,21-,22+/m1/s1. The Bertz CT molecular complexity index is 883. The summed E-state index contributed by atoms with van der Waals surface area (Å²) >= 11 is 0. The number of piperidine rings is 2. The third-order valence-electron chi connectivity index (χ3n) is 7.28. The molecule has 9 heteroatoms. The van der Waals surface area contributed by atoms with Crippen LogP contribution in [0.4, 0.5) is 5.69 Å². The van der Waals surface area contributed by atoms with Crippen molar-refractivity contribution in [2.45, 2.75) is 71.4 Å². The van der Waals surface area contributed by atoms with Gasteiger partial charge in [-0.15, -0.1) is 0 Å². The number of nitrogens with one attached hydrogen (secondary N) is 1. The number of carbonyl (C=O) groups is 1. The number of hydrogen-bond acceptors (Lipinski definition) is 5. The van der Waals surface area contributed by atoms with Gasteiger partial charge in [-0.3, -0.25) is 14.0 Å². The first-order chi connectivity index (χ1) is 16.3. The summed E-state index contributed by atoms with van der Waals surface area (Å²) in [5, 5.41) is 3.07. The minimum absolute atomic E-state index is 0.0351. The molecule has 0 saturated carbocycles. The second-order valence-electron chi connectivity index (χ2n) is 9.58. The van der Waals surface area contributed by atoms with Crippen molar-refractivity contribution in [2.24, 2.45) is 5.92 Å². The molecule has 8 nitrogen and oxygen atoms in total. The monoisotopic (exact) mass is 494 g/mol. The van der Waals surface area contributed by atoms with Crippen LogP contribution in [0.3, 0.4) is 0 Å². The van der Waals surface area contributed by atoms with E-state index in [-0.39, 0.29) is 18.4 Å². The van der Waals surface area contributed by atoms with E-state index < -0.39 is 10.2 Å². The fourth-order valence-electron chi connectivity index (χ4n) is 5.27. The Hall–Kier alpha value is -1.84. The van der Waals surface area contributed by atoms with E-state index in [1.54, 1.807) is 31.4 Å². The Kier molecular flexibility index (Phi) is 9.62. The van der Waals surface area contributed by atoms with Gasteiger partial charge in [0.05, 0.1) is 18.7 Å². The Morgan fingerprint density at radius 2 is 1.79 bits per heavy atom. The Morgan fingerprint density at radius 3 is 2.41 bits per heavy atom. The average molecular weight is 495 g/mol. The number of hydrogen-bond donors (Lipinski definition) is 1. The molecular weight excluding hydrogens is 452 g/mol. The number of carbonyl (C=O) groups excluding carboxylic acids is 1. The van der Waals surface area contributed by atoms with Crippen molar-refractivity contribution in [3.05, 3.63) is 24.3 Å². The lowest BCUT2D eigenvalue weighted by molar-refractivity contribution is -0.126. The number of nitrogens with zero attached hydrogens (tertiary/aromatic N) is 3. The molecule has 2 aliphatic rings. The van der Waals surface area contributed by atoms with Crippen LogP contribution in [0.1, 0.15) is 59.3 Å². The molecule has 0 radical (unpaired) electrons. The second-order valence-corrected chi connectivity index (χ2v) is 11.4. The van der Waals surface area contributed by atoms with E-state index >= 15 is 0 Å². The first-order valence-electron chi connectivity index (χ1n) is 12.7. The van der Waals surface area contributed by atoms with Gasteiger partial charge < -0.3 is 10.1 Å². The van der Waals surface area contributed by atoms with Crippen molar-refractivity contribution in [2.75, 3.05) is 44.1 Å². The van der Waals surface area contributed by atoms with Gasteiger partial charge in [0.2, 0.25) is 5.91 Å². The fraction of sp³-hybridized carbons (Fsp3) is 0.720. The first kappa shape index (κ1) is 26.8. The van der Waals surface area contributed by atoms with Crippen LogP contribution in [0.15, 0.2) is 24.3 Å². The number of benzene rings is 1. The van der Waals surface area contributed by atoms with Crippen molar-refractivity contribution >= 4 is 21.8 Å². The maximum atomic E-state index is 13.4. The molecule has 0 unspecified atom stereocenters. The molecule has 3 atom stereocenters. The minimum atomic E-state index is -3.73. The third-order valence-corrected chi connectivity index (χ3v) is 9.29. The minimum Gasteiger partial charge on any atom is -0.497 e. The summed E-state index contributed by atoms with van der Waals surface area (Å²) in [6.07, 6.45) is 6.09. The zero-order valence-corrected chi connectivity index (χ0v) is 22.0. The summed E-state index contributed by atoms with van der Waals surface area (Å²) in [6, 6.07) is 8.21. The van der Waals surface area contributed by atoms with Gasteiger partial charge in [0, 0.05) is 44.8 Å². The van der Waals surface area contributed by atoms with E-state index in [9.17, 15) is 13.2 Å². The summed E-state index contributed by atoms with van der Waals surface area (Å²) in [7, 11) is -2.15. The zero-order valence-electron chi connectivity index (χ0n) is 21.2. The largest absolute Gasteiger partial charge is 0.497 e. The normalized spacial score (nSPS) is 24.5. The van der Waals surface area contributed by atoms with Gasteiger partial charge in [-0.25, -0.2) is 0 Å². The van der Waals surface area contributed by atoms with Gasteiger partial charge in [0.25, 0.3) is 0 Å². The highest BCUT2D eigenvalue weighted by Crippen LogP contribution is 2.27. The predicted molar refractivity (Wildman–Crippen MR) is 136 cm³/mol. The second kappa shape index (κ2) is 12.2. The highest BCUT2D eigenvalue weighted by molar-refractivity contribution is 7.90. The molecule has 2 fully saturated rings. The fourth-order valence-corrected chi connectivity index (χ4v) is 6.99. The number of rotatable bonds is 10. The summed E-state index contributed by atoms with van der Waals surface area (Å²) in [5.41, 5.74) is 0.594. The molecule has 1 N–H and O–H groups in total. The lowest BCUT2D eigenvalue weighted by Crippen LogP contribution is -2.51. The maximum absolute atomic E-state index is 13.4. The molecule has 2 saturated heterocycles. The van der Waals surface area contributed by atoms with Crippen molar-refractivity contribution in [3.63, 3.8) is 0 Å². The molecule has 0 bridgehead atoms. The van der Waals surface area contributed by atoms with Crippen LogP contribution in [-0.4, -0.2) is 75.4 Å². The lowest BCUT2D eigenvalue weighted by atomic mass is 9.97.